The fraction of sp³-hybridized carbons (Fsp3) is 0.412. The number of hydrogen-bond donors (Lipinski definition) is 1. The molecule has 0 aliphatic carbocycles. The second-order valence-corrected chi connectivity index (χ2v) is 6.21. The predicted molar refractivity (Wildman–Crippen MR) is 81.5 cm³/mol. The van der Waals surface area contributed by atoms with Crippen LogP contribution in [0.3, 0.4) is 0 Å². The Balaban J connectivity index is 1.80. The molecule has 2 aromatic rings. The minimum atomic E-state index is -0.661. The maximum atomic E-state index is 11.4. The lowest BCUT2D eigenvalue weighted by Crippen LogP contribution is -2.34. The first kappa shape index (κ1) is 12.6. The predicted octanol–water partition coefficient (Wildman–Crippen LogP) is 2.99. The topological polar surface area (TPSA) is 53.4 Å². The van der Waals surface area contributed by atoms with E-state index < -0.39 is 5.97 Å². The van der Waals surface area contributed by atoms with Crippen molar-refractivity contribution in [2.45, 2.75) is 38.3 Å². The van der Waals surface area contributed by atoms with Gasteiger partial charge < -0.3 is 10.0 Å². The third-order valence-electron chi connectivity index (χ3n) is 4.99. The number of carbonyl (C=O) groups is 1. The third-order valence-corrected chi connectivity index (χ3v) is 4.99. The smallest absolute Gasteiger partial charge is 0.308 e. The zero-order chi connectivity index (χ0) is 14.6. The summed E-state index contributed by atoms with van der Waals surface area (Å²) in [5, 5.41) is 10.5. The molecule has 4 heteroatoms. The maximum Gasteiger partial charge on any atom is 0.308 e. The van der Waals surface area contributed by atoms with Crippen LogP contribution in [0.1, 0.15) is 24.8 Å². The van der Waals surface area contributed by atoms with Crippen LogP contribution in [0, 0.1) is 12.8 Å². The van der Waals surface area contributed by atoms with Crippen LogP contribution >= 0.6 is 0 Å². The number of carboxylic acids is 1. The van der Waals surface area contributed by atoms with Gasteiger partial charge in [-0.15, -0.1) is 0 Å². The number of pyridine rings is 1. The highest BCUT2D eigenvalue weighted by atomic mass is 16.4. The number of aliphatic carboxylic acids is 1. The number of anilines is 1. The average Bonchev–Trinajstić information content (AvgIpc) is 3.04. The zero-order valence-electron chi connectivity index (χ0n) is 12.0. The molecule has 2 fully saturated rings. The normalized spacial score (nSPS) is 27.5. The van der Waals surface area contributed by atoms with Gasteiger partial charge in [-0.25, -0.2) is 4.98 Å². The number of aryl methyl sites for hydroxylation is 1. The summed E-state index contributed by atoms with van der Waals surface area (Å²) in [6.07, 6.45) is 2.81. The number of fused-ring (bicyclic) bond motifs is 3. The Hall–Kier alpha value is -2.10. The van der Waals surface area contributed by atoms with Crippen molar-refractivity contribution < 1.29 is 9.90 Å². The van der Waals surface area contributed by atoms with Gasteiger partial charge in [-0.05, 0) is 43.9 Å². The fourth-order valence-corrected chi connectivity index (χ4v) is 4.06. The van der Waals surface area contributed by atoms with Crippen molar-refractivity contribution in [3.63, 3.8) is 0 Å². The molecule has 2 aliphatic heterocycles. The van der Waals surface area contributed by atoms with E-state index >= 15 is 0 Å². The molecular weight excluding hydrogens is 264 g/mol. The van der Waals surface area contributed by atoms with Gasteiger partial charge in [0.2, 0.25) is 0 Å². The summed E-state index contributed by atoms with van der Waals surface area (Å²) in [7, 11) is 0. The largest absolute Gasteiger partial charge is 0.481 e. The third kappa shape index (κ3) is 1.82. The minimum absolute atomic E-state index is 0.111. The summed E-state index contributed by atoms with van der Waals surface area (Å²) in [5.41, 5.74) is 2.12. The molecule has 2 saturated heterocycles. The first-order valence-corrected chi connectivity index (χ1v) is 7.52. The van der Waals surface area contributed by atoms with E-state index in [1.807, 2.05) is 18.2 Å². The molecule has 0 saturated carbocycles. The summed E-state index contributed by atoms with van der Waals surface area (Å²) >= 11 is 0. The highest BCUT2D eigenvalue weighted by Crippen LogP contribution is 2.45. The standard InChI is InChI=1S/C17H18N2O2/c1-10-8-11-4-2-3-5-14(11)18-16(10)19-12-6-7-15(19)13(9-12)17(20)21/h2-5,8,12-13,15H,6-7,9H2,1H3,(H,20,21). The number of aromatic nitrogens is 1. The van der Waals surface area contributed by atoms with Gasteiger partial charge in [0.15, 0.2) is 0 Å². The monoisotopic (exact) mass is 282 g/mol. The van der Waals surface area contributed by atoms with E-state index in [-0.39, 0.29) is 12.0 Å². The molecule has 0 spiro atoms. The van der Waals surface area contributed by atoms with E-state index in [4.69, 9.17) is 4.98 Å². The molecule has 21 heavy (non-hydrogen) atoms. The van der Waals surface area contributed by atoms with E-state index in [0.29, 0.717) is 6.04 Å². The van der Waals surface area contributed by atoms with Crippen LogP contribution in [0.5, 0.6) is 0 Å². The Morgan fingerprint density at radius 2 is 2.14 bits per heavy atom. The van der Waals surface area contributed by atoms with Crippen molar-refractivity contribution in [1.29, 1.82) is 0 Å². The molecule has 3 heterocycles. The molecule has 3 atom stereocenters. The summed E-state index contributed by atoms with van der Waals surface area (Å²) in [5.74, 6) is 0.0759. The number of para-hydroxylation sites is 1. The second-order valence-electron chi connectivity index (χ2n) is 6.21. The maximum absolute atomic E-state index is 11.4. The highest BCUT2D eigenvalue weighted by Gasteiger charge is 2.50. The molecular formula is C17H18N2O2. The number of nitrogens with zero attached hydrogens (tertiary/aromatic N) is 2. The van der Waals surface area contributed by atoms with Crippen molar-refractivity contribution in [3.8, 4) is 0 Å². The number of benzene rings is 1. The number of rotatable bonds is 2. The molecule has 4 nitrogen and oxygen atoms in total. The first-order chi connectivity index (χ1) is 10.1. The second kappa shape index (κ2) is 4.45. The highest BCUT2D eigenvalue weighted by molar-refractivity contribution is 5.82. The molecule has 0 radical (unpaired) electrons. The van der Waals surface area contributed by atoms with Gasteiger partial charge in [-0.3, -0.25) is 4.79 Å². The van der Waals surface area contributed by atoms with Gasteiger partial charge in [0.25, 0.3) is 0 Å². The van der Waals surface area contributed by atoms with Crippen LogP contribution < -0.4 is 4.90 Å². The van der Waals surface area contributed by atoms with E-state index in [2.05, 4.69) is 24.0 Å². The summed E-state index contributed by atoms with van der Waals surface area (Å²) < 4.78 is 0. The van der Waals surface area contributed by atoms with E-state index in [0.717, 1.165) is 41.5 Å². The molecule has 2 aliphatic rings. The molecule has 1 N–H and O–H groups in total. The van der Waals surface area contributed by atoms with Crippen LogP contribution in [-0.4, -0.2) is 28.1 Å². The van der Waals surface area contributed by atoms with Gasteiger partial charge in [0.05, 0.1) is 11.4 Å². The van der Waals surface area contributed by atoms with Gasteiger partial charge in [-0.2, -0.15) is 0 Å². The van der Waals surface area contributed by atoms with Gasteiger partial charge in [0, 0.05) is 17.5 Å². The molecule has 3 unspecified atom stereocenters. The summed E-state index contributed by atoms with van der Waals surface area (Å²) in [4.78, 5) is 18.5. The van der Waals surface area contributed by atoms with Gasteiger partial charge in [0.1, 0.15) is 5.82 Å². The van der Waals surface area contributed by atoms with E-state index in [9.17, 15) is 9.90 Å². The van der Waals surface area contributed by atoms with Crippen LogP contribution in [0.25, 0.3) is 10.9 Å². The van der Waals surface area contributed by atoms with Crippen LogP contribution in [0.2, 0.25) is 0 Å². The molecule has 108 valence electrons. The SMILES string of the molecule is Cc1cc2ccccc2nc1N1C2CCC1C(C(=O)O)C2. The average molecular weight is 282 g/mol. The Bertz CT molecular complexity index is 728. The van der Waals surface area contributed by atoms with E-state index in [1.54, 1.807) is 0 Å². The lowest BCUT2D eigenvalue weighted by atomic mass is 9.89. The minimum Gasteiger partial charge on any atom is -0.481 e. The molecule has 0 amide bonds. The Labute approximate surface area is 123 Å². The van der Waals surface area contributed by atoms with Crippen molar-refractivity contribution in [1.82, 2.24) is 4.98 Å². The lowest BCUT2D eigenvalue weighted by molar-refractivity contribution is -0.142. The number of carboxylic acid groups (broad SMARTS) is 1. The summed E-state index contributed by atoms with van der Waals surface area (Å²) in [6.45, 7) is 2.07. The van der Waals surface area contributed by atoms with Crippen molar-refractivity contribution >= 4 is 22.7 Å². The molecule has 1 aromatic heterocycles. The van der Waals surface area contributed by atoms with Crippen molar-refractivity contribution in [2.24, 2.45) is 5.92 Å². The molecule has 2 bridgehead atoms. The van der Waals surface area contributed by atoms with Crippen molar-refractivity contribution in [2.75, 3.05) is 4.90 Å². The zero-order valence-corrected chi connectivity index (χ0v) is 12.0. The van der Waals surface area contributed by atoms with Crippen LogP contribution in [0.4, 0.5) is 5.82 Å². The van der Waals surface area contributed by atoms with Crippen molar-refractivity contribution in [3.05, 3.63) is 35.9 Å². The molecule has 4 rings (SSSR count). The molecule has 1 aromatic carbocycles. The van der Waals surface area contributed by atoms with Gasteiger partial charge in [-0.1, -0.05) is 18.2 Å². The van der Waals surface area contributed by atoms with Gasteiger partial charge >= 0.3 is 5.97 Å². The van der Waals surface area contributed by atoms with Crippen LogP contribution in [-0.2, 0) is 4.79 Å². The summed E-state index contributed by atoms with van der Waals surface area (Å²) in [6, 6.07) is 10.7. The van der Waals surface area contributed by atoms with E-state index in [1.165, 1.54) is 0 Å². The lowest BCUT2D eigenvalue weighted by Gasteiger charge is -2.26. The first-order valence-electron chi connectivity index (χ1n) is 7.52. The fourth-order valence-electron chi connectivity index (χ4n) is 4.06. The number of hydrogen-bond acceptors (Lipinski definition) is 3. The Kier molecular flexibility index (Phi) is 2.67. The Morgan fingerprint density at radius 3 is 2.90 bits per heavy atom. The Morgan fingerprint density at radius 1 is 1.33 bits per heavy atom. The van der Waals surface area contributed by atoms with Crippen LogP contribution in [0.15, 0.2) is 30.3 Å². The quantitative estimate of drug-likeness (QED) is 0.920.